The molecule has 20 heavy (non-hydrogen) atoms. The predicted octanol–water partition coefficient (Wildman–Crippen LogP) is 3.74. The third-order valence-electron chi connectivity index (χ3n) is 3.16. The van der Waals surface area contributed by atoms with Crippen molar-refractivity contribution in [3.8, 4) is 0 Å². The molecule has 0 spiro atoms. The fraction of sp³-hybridized carbons (Fsp3) is 0.333. The summed E-state index contributed by atoms with van der Waals surface area (Å²) in [5, 5.41) is 9.02. The molecule has 2 rings (SSSR count). The standard InChI is InChI=1S/C15H19N3OS/c1-3-11(2)14(19)18-13-6-4-12(5-7-13)10-17-15-16-8-9-20-15/h4-9,11H,3,10H2,1-2H3,(H,16,17)(H,18,19)/t11-/m0/s1. The van der Waals surface area contributed by atoms with Crippen LogP contribution in [0.2, 0.25) is 0 Å². The van der Waals surface area contributed by atoms with E-state index in [-0.39, 0.29) is 11.8 Å². The summed E-state index contributed by atoms with van der Waals surface area (Å²) in [4.78, 5) is 15.9. The molecule has 0 aliphatic carbocycles. The van der Waals surface area contributed by atoms with Crippen LogP contribution < -0.4 is 10.6 Å². The lowest BCUT2D eigenvalue weighted by Crippen LogP contribution is -2.19. The number of nitrogens with one attached hydrogen (secondary N) is 2. The first kappa shape index (κ1) is 14.5. The van der Waals surface area contributed by atoms with Crippen LogP contribution in [-0.2, 0) is 11.3 Å². The normalized spacial score (nSPS) is 11.9. The summed E-state index contributed by atoms with van der Waals surface area (Å²) in [5.41, 5.74) is 2.00. The van der Waals surface area contributed by atoms with Gasteiger partial charge in [-0.1, -0.05) is 26.0 Å². The van der Waals surface area contributed by atoms with E-state index in [1.165, 1.54) is 0 Å². The topological polar surface area (TPSA) is 54.0 Å². The van der Waals surface area contributed by atoms with E-state index in [9.17, 15) is 4.79 Å². The van der Waals surface area contributed by atoms with Gasteiger partial charge in [0.15, 0.2) is 5.13 Å². The summed E-state index contributed by atoms with van der Waals surface area (Å²) in [6.07, 6.45) is 2.63. The van der Waals surface area contributed by atoms with Crippen LogP contribution in [0.15, 0.2) is 35.8 Å². The molecule has 0 saturated carbocycles. The molecule has 1 atom stereocenters. The summed E-state index contributed by atoms with van der Waals surface area (Å²) < 4.78 is 0. The molecule has 0 aliphatic rings. The second-order valence-corrected chi connectivity index (χ2v) is 5.58. The zero-order chi connectivity index (χ0) is 14.4. The molecule has 1 aromatic heterocycles. The van der Waals surface area contributed by atoms with Crippen molar-refractivity contribution in [2.45, 2.75) is 26.8 Å². The van der Waals surface area contributed by atoms with Crippen molar-refractivity contribution in [3.63, 3.8) is 0 Å². The van der Waals surface area contributed by atoms with E-state index >= 15 is 0 Å². The minimum absolute atomic E-state index is 0.0428. The Bertz CT molecular complexity index is 537. The third kappa shape index (κ3) is 4.06. The van der Waals surface area contributed by atoms with Gasteiger partial charge in [-0.15, -0.1) is 11.3 Å². The second-order valence-electron chi connectivity index (χ2n) is 4.69. The molecule has 106 valence electrons. The minimum Gasteiger partial charge on any atom is -0.357 e. The monoisotopic (exact) mass is 289 g/mol. The molecule has 0 aliphatic heterocycles. The Morgan fingerprint density at radius 1 is 1.35 bits per heavy atom. The molecule has 4 nitrogen and oxygen atoms in total. The van der Waals surface area contributed by atoms with Gasteiger partial charge in [-0.3, -0.25) is 4.79 Å². The molecule has 1 heterocycles. The van der Waals surface area contributed by atoms with Crippen LogP contribution in [0, 0.1) is 5.92 Å². The Morgan fingerprint density at radius 3 is 2.70 bits per heavy atom. The first-order valence-electron chi connectivity index (χ1n) is 6.72. The quantitative estimate of drug-likeness (QED) is 0.851. The Kier molecular flexibility index (Phi) is 5.12. The molecule has 0 unspecified atom stereocenters. The van der Waals surface area contributed by atoms with E-state index in [1.54, 1.807) is 17.5 Å². The van der Waals surface area contributed by atoms with E-state index in [2.05, 4.69) is 15.6 Å². The van der Waals surface area contributed by atoms with Crippen molar-refractivity contribution in [2.24, 2.45) is 5.92 Å². The fourth-order valence-electron chi connectivity index (χ4n) is 1.65. The molecule has 0 bridgehead atoms. The van der Waals surface area contributed by atoms with Crippen LogP contribution in [-0.4, -0.2) is 10.9 Å². The zero-order valence-corrected chi connectivity index (χ0v) is 12.5. The Balaban J connectivity index is 1.88. The van der Waals surface area contributed by atoms with Crippen molar-refractivity contribution in [1.29, 1.82) is 0 Å². The average Bonchev–Trinajstić information content (AvgIpc) is 2.99. The van der Waals surface area contributed by atoms with Crippen LogP contribution in [0.1, 0.15) is 25.8 Å². The van der Waals surface area contributed by atoms with Crippen molar-refractivity contribution < 1.29 is 4.79 Å². The number of anilines is 2. The van der Waals surface area contributed by atoms with Gasteiger partial charge in [-0.05, 0) is 24.1 Å². The Hall–Kier alpha value is -1.88. The van der Waals surface area contributed by atoms with Crippen molar-refractivity contribution in [2.75, 3.05) is 10.6 Å². The van der Waals surface area contributed by atoms with Crippen LogP contribution >= 0.6 is 11.3 Å². The maximum Gasteiger partial charge on any atom is 0.227 e. The van der Waals surface area contributed by atoms with Gasteiger partial charge in [0, 0.05) is 29.7 Å². The number of aromatic nitrogens is 1. The Labute approximate surface area is 123 Å². The molecule has 1 amide bonds. The van der Waals surface area contributed by atoms with Crippen molar-refractivity contribution in [1.82, 2.24) is 4.98 Å². The molecule has 0 saturated heterocycles. The van der Waals surface area contributed by atoms with Gasteiger partial charge < -0.3 is 10.6 Å². The predicted molar refractivity (Wildman–Crippen MR) is 84.0 cm³/mol. The van der Waals surface area contributed by atoms with E-state index in [0.29, 0.717) is 0 Å². The first-order valence-corrected chi connectivity index (χ1v) is 7.60. The minimum atomic E-state index is 0.0428. The van der Waals surface area contributed by atoms with Gasteiger partial charge in [0.1, 0.15) is 0 Å². The maximum absolute atomic E-state index is 11.8. The van der Waals surface area contributed by atoms with Gasteiger partial charge in [0.2, 0.25) is 5.91 Å². The summed E-state index contributed by atoms with van der Waals surface area (Å²) in [5.74, 6) is 0.113. The maximum atomic E-state index is 11.8. The number of nitrogens with zero attached hydrogens (tertiary/aromatic N) is 1. The second kappa shape index (κ2) is 7.05. The van der Waals surface area contributed by atoms with Gasteiger partial charge >= 0.3 is 0 Å². The lowest BCUT2D eigenvalue weighted by atomic mass is 10.1. The van der Waals surface area contributed by atoms with Gasteiger partial charge in [-0.25, -0.2) is 4.98 Å². The molecular weight excluding hydrogens is 270 g/mol. The smallest absolute Gasteiger partial charge is 0.227 e. The summed E-state index contributed by atoms with van der Waals surface area (Å²) >= 11 is 1.58. The van der Waals surface area contributed by atoms with Gasteiger partial charge in [0.05, 0.1) is 0 Å². The molecule has 1 aromatic carbocycles. The van der Waals surface area contributed by atoms with Gasteiger partial charge in [-0.2, -0.15) is 0 Å². The number of thiazole rings is 1. The third-order valence-corrected chi connectivity index (χ3v) is 3.89. The lowest BCUT2D eigenvalue weighted by molar-refractivity contribution is -0.119. The largest absolute Gasteiger partial charge is 0.357 e. The van der Waals surface area contributed by atoms with Crippen molar-refractivity contribution in [3.05, 3.63) is 41.4 Å². The highest BCUT2D eigenvalue weighted by molar-refractivity contribution is 7.13. The highest BCUT2D eigenvalue weighted by Crippen LogP contribution is 2.15. The first-order chi connectivity index (χ1) is 9.69. The summed E-state index contributed by atoms with van der Waals surface area (Å²) in [7, 11) is 0. The molecular formula is C15H19N3OS. The number of amides is 1. The van der Waals surface area contributed by atoms with Gasteiger partial charge in [0.25, 0.3) is 0 Å². The zero-order valence-electron chi connectivity index (χ0n) is 11.7. The van der Waals surface area contributed by atoms with E-state index in [4.69, 9.17) is 0 Å². The summed E-state index contributed by atoms with van der Waals surface area (Å²) in [6, 6.07) is 7.87. The van der Waals surface area contributed by atoms with Crippen LogP contribution in [0.3, 0.4) is 0 Å². The highest BCUT2D eigenvalue weighted by atomic mass is 32.1. The Morgan fingerprint density at radius 2 is 2.10 bits per heavy atom. The number of carbonyl (C=O) groups is 1. The van der Waals surface area contributed by atoms with Crippen molar-refractivity contribution >= 4 is 28.1 Å². The highest BCUT2D eigenvalue weighted by Gasteiger charge is 2.10. The molecule has 2 N–H and O–H groups in total. The number of hydrogen-bond acceptors (Lipinski definition) is 4. The molecule has 0 radical (unpaired) electrons. The number of benzene rings is 1. The molecule has 2 aromatic rings. The number of hydrogen-bond donors (Lipinski definition) is 2. The number of carbonyl (C=O) groups excluding carboxylic acids is 1. The molecule has 0 fully saturated rings. The van der Waals surface area contributed by atoms with E-state index in [1.807, 2.05) is 43.5 Å². The fourth-order valence-corrected chi connectivity index (χ4v) is 2.17. The summed E-state index contributed by atoms with van der Waals surface area (Å²) in [6.45, 7) is 4.67. The average molecular weight is 289 g/mol. The SMILES string of the molecule is CC[C@H](C)C(=O)Nc1ccc(CNc2nccs2)cc1. The molecule has 5 heteroatoms. The lowest BCUT2D eigenvalue weighted by Gasteiger charge is -2.10. The van der Waals surface area contributed by atoms with E-state index in [0.717, 1.165) is 29.3 Å². The number of rotatable bonds is 6. The van der Waals surface area contributed by atoms with Crippen LogP contribution in [0.25, 0.3) is 0 Å². The van der Waals surface area contributed by atoms with Crippen LogP contribution in [0.5, 0.6) is 0 Å². The van der Waals surface area contributed by atoms with E-state index < -0.39 is 0 Å². The van der Waals surface area contributed by atoms with Crippen LogP contribution in [0.4, 0.5) is 10.8 Å².